The number of halogens is 2. The lowest BCUT2D eigenvalue weighted by Gasteiger charge is -2.38. The minimum Gasteiger partial charge on any atom is -0.388 e. The fraction of sp³-hybridized carbons (Fsp3) is 0.467. The number of carbonyl (C=O) groups is 4. The number of aryl methyl sites for hydroxylation is 1. The van der Waals surface area contributed by atoms with Crippen LogP contribution in [0.15, 0.2) is 84.0 Å². The summed E-state index contributed by atoms with van der Waals surface area (Å²) in [7, 11) is 1.78. The number of fused-ring (bicyclic) bond motifs is 4. The van der Waals surface area contributed by atoms with Gasteiger partial charge in [0.2, 0.25) is 23.6 Å². The summed E-state index contributed by atoms with van der Waals surface area (Å²) in [6.45, 7) is 5.52. The lowest BCUT2D eigenvalue weighted by atomic mass is 9.90. The minimum absolute atomic E-state index is 0.0222. The molecule has 2 aliphatic rings. The Morgan fingerprint density at radius 3 is 2.28 bits per heavy atom. The number of amides is 4. The summed E-state index contributed by atoms with van der Waals surface area (Å²) < 4.78 is 4.87. The third kappa shape index (κ3) is 14.6. The van der Waals surface area contributed by atoms with Gasteiger partial charge in [0.25, 0.3) is 5.56 Å². The smallest absolute Gasteiger partial charge is 0.281 e. The summed E-state index contributed by atoms with van der Waals surface area (Å²) in [4.78, 5) is 75.8. The van der Waals surface area contributed by atoms with Crippen LogP contribution in [0, 0.1) is 0 Å². The minimum atomic E-state index is -1.16. The number of benzene rings is 3. The molecule has 81 heavy (non-hydrogen) atoms. The summed E-state index contributed by atoms with van der Waals surface area (Å²) in [5.41, 5.74) is 6.98. The van der Waals surface area contributed by atoms with Crippen molar-refractivity contribution in [1.29, 1.82) is 0 Å². The number of unbranched alkanes of at least 4 members (excludes halogenated alkanes) is 7. The molecule has 0 bridgehead atoms. The number of hydrogen-bond donors (Lipinski definition) is 6. The van der Waals surface area contributed by atoms with Crippen LogP contribution in [0.1, 0.15) is 112 Å². The standard InChI is InChI=1S/C60H74Cl2N12O7/c1-40(42-14-10-9-11-15-42)32-51(78)71-29-23-60(81,24-30-71)38-73-39-66-56-57(59(73)80)69-70(2)58(56)43-19-17-41(18-20-43)34-63-35-50(77)64-25-13-8-6-4-3-5-7-12-16-49(76)65-26-31-74-28-22-48(68-74)44-33-46(61)54(62)55-53(44)45-36-72(52(79)37-75)27-21-47(45)67-55/h9-11,14-15,17-20,22,28,33,39-40,63,67,75,81H,3-8,12-13,16,21,23-27,29-32,34-38H2,1-2H3,(H,64,77)(H,65,76)/t40-/m1/s1. The highest BCUT2D eigenvalue weighted by molar-refractivity contribution is 6.45. The molecule has 19 nitrogen and oxygen atoms in total. The highest BCUT2D eigenvalue weighted by atomic mass is 35.5. The van der Waals surface area contributed by atoms with E-state index in [0.29, 0.717) is 117 Å². The Morgan fingerprint density at radius 1 is 0.827 bits per heavy atom. The van der Waals surface area contributed by atoms with Crippen LogP contribution in [0.5, 0.6) is 0 Å². The van der Waals surface area contributed by atoms with Crippen LogP contribution in [-0.2, 0) is 58.8 Å². The van der Waals surface area contributed by atoms with Gasteiger partial charge in [0.15, 0.2) is 5.52 Å². The average Bonchev–Trinajstić information content (AvgIpc) is 3.81. The zero-order chi connectivity index (χ0) is 57.0. The second kappa shape index (κ2) is 27.2. The van der Waals surface area contributed by atoms with Crippen molar-refractivity contribution in [3.05, 3.63) is 122 Å². The maximum absolute atomic E-state index is 13.7. The highest BCUT2D eigenvalue weighted by Crippen LogP contribution is 2.42. The third-order valence-electron chi connectivity index (χ3n) is 15.9. The number of likely N-dealkylation sites (tertiary alicyclic amines) is 1. The molecule has 0 saturated carbocycles. The lowest BCUT2D eigenvalue weighted by molar-refractivity contribution is -0.136. The van der Waals surface area contributed by atoms with Crippen molar-refractivity contribution < 1.29 is 29.4 Å². The normalized spacial score (nSPS) is 14.6. The predicted molar refractivity (Wildman–Crippen MR) is 313 cm³/mol. The van der Waals surface area contributed by atoms with Gasteiger partial charge in [-0.05, 0) is 54.9 Å². The van der Waals surface area contributed by atoms with Crippen LogP contribution in [-0.4, -0.2) is 129 Å². The van der Waals surface area contributed by atoms with Gasteiger partial charge in [0.05, 0.1) is 58.5 Å². The van der Waals surface area contributed by atoms with Gasteiger partial charge >= 0.3 is 0 Å². The van der Waals surface area contributed by atoms with Crippen molar-refractivity contribution in [2.24, 2.45) is 7.05 Å². The Hall–Kier alpha value is -6.90. The van der Waals surface area contributed by atoms with Crippen molar-refractivity contribution in [1.82, 2.24) is 59.8 Å². The average molecular weight is 1150 g/mol. The molecule has 1 fully saturated rings. The number of hydrogen-bond acceptors (Lipinski definition) is 11. The van der Waals surface area contributed by atoms with E-state index < -0.39 is 12.2 Å². The topological polar surface area (TPSA) is 238 Å². The first-order valence-corrected chi connectivity index (χ1v) is 29.2. The molecule has 7 aromatic rings. The molecule has 0 spiro atoms. The summed E-state index contributed by atoms with van der Waals surface area (Å²) in [6.07, 6.45) is 13.7. The van der Waals surface area contributed by atoms with E-state index in [1.807, 2.05) is 71.8 Å². The first-order valence-electron chi connectivity index (χ1n) is 28.4. The van der Waals surface area contributed by atoms with Crippen molar-refractivity contribution in [3.63, 3.8) is 0 Å². The second-order valence-electron chi connectivity index (χ2n) is 21.8. The van der Waals surface area contributed by atoms with Gasteiger partial charge in [-0.2, -0.15) is 10.2 Å². The van der Waals surface area contributed by atoms with E-state index in [4.69, 9.17) is 28.3 Å². The van der Waals surface area contributed by atoms with E-state index in [1.54, 1.807) is 27.4 Å². The number of aromatic nitrogens is 7. The Kier molecular flexibility index (Phi) is 19.8. The molecular weight excluding hydrogens is 1070 g/mol. The first kappa shape index (κ1) is 58.7. The SMILES string of the molecule is C[C@H](CC(=O)N1CCC(O)(Cn2cnc3c(-c4ccc(CNCC(=O)NCCCCCCCCCCC(=O)NCCn5ccc(-c6cc(Cl)c(Cl)c7[nH]c8c(c67)CN(C(=O)CO)CC8)n5)cc4)n(C)nc3c2=O)CC1)c1ccccc1. The molecule has 0 radical (unpaired) electrons. The number of H-pyrrole nitrogens is 1. The summed E-state index contributed by atoms with van der Waals surface area (Å²) >= 11 is 13.2. The molecule has 6 heterocycles. The first-order chi connectivity index (χ1) is 39.2. The Labute approximate surface area is 481 Å². The van der Waals surface area contributed by atoms with Crippen LogP contribution in [0.25, 0.3) is 44.5 Å². The number of aliphatic hydroxyl groups excluding tert-OH is 1. The molecule has 4 aromatic heterocycles. The fourth-order valence-electron chi connectivity index (χ4n) is 11.2. The Morgan fingerprint density at radius 2 is 1.54 bits per heavy atom. The molecule has 430 valence electrons. The number of rotatable bonds is 26. The zero-order valence-corrected chi connectivity index (χ0v) is 47.8. The van der Waals surface area contributed by atoms with Gasteiger partial charge < -0.3 is 40.9 Å². The Bertz CT molecular complexity index is 3380. The molecule has 1 saturated heterocycles. The summed E-state index contributed by atoms with van der Waals surface area (Å²) in [5.74, 6) is -0.193. The van der Waals surface area contributed by atoms with Gasteiger partial charge in [-0.3, -0.25) is 37.9 Å². The van der Waals surface area contributed by atoms with Gasteiger partial charge in [-0.1, -0.05) is 123 Å². The maximum atomic E-state index is 13.7. The molecule has 1 atom stereocenters. The van der Waals surface area contributed by atoms with Crippen LogP contribution in [0.4, 0.5) is 0 Å². The molecule has 6 N–H and O–H groups in total. The largest absolute Gasteiger partial charge is 0.388 e. The van der Waals surface area contributed by atoms with E-state index in [9.17, 15) is 34.2 Å². The predicted octanol–water partition coefficient (Wildman–Crippen LogP) is 7.41. The van der Waals surface area contributed by atoms with Gasteiger partial charge in [0.1, 0.15) is 12.1 Å². The molecule has 4 amide bonds. The molecule has 0 unspecified atom stereocenters. The fourth-order valence-corrected chi connectivity index (χ4v) is 11.6. The van der Waals surface area contributed by atoms with Crippen molar-refractivity contribution in [2.45, 2.75) is 128 Å². The van der Waals surface area contributed by atoms with E-state index in [1.165, 1.54) is 10.9 Å². The van der Waals surface area contributed by atoms with Crippen LogP contribution < -0.4 is 21.5 Å². The van der Waals surface area contributed by atoms with Crippen molar-refractivity contribution in [2.75, 3.05) is 45.9 Å². The number of carbonyl (C=O) groups excluding carboxylic acids is 4. The van der Waals surface area contributed by atoms with E-state index in [0.717, 1.165) is 90.3 Å². The molecule has 9 rings (SSSR count). The number of aliphatic hydroxyl groups is 2. The Balaban J connectivity index is 0.606. The van der Waals surface area contributed by atoms with E-state index in [-0.39, 0.29) is 53.7 Å². The molecule has 21 heteroatoms. The third-order valence-corrected chi connectivity index (χ3v) is 16.7. The van der Waals surface area contributed by atoms with Crippen LogP contribution in [0.2, 0.25) is 10.0 Å². The van der Waals surface area contributed by atoms with E-state index >= 15 is 0 Å². The van der Waals surface area contributed by atoms with Crippen LogP contribution in [0.3, 0.4) is 0 Å². The zero-order valence-electron chi connectivity index (χ0n) is 46.3. The number of piperidine rings is 1. The lowest BCUT2D eigenvalue weighted by Crippen LogP contribution is -2.49. The number of nitrogens with one attached hydrogen (secondary N) is 4. The molecule has 0 aliphatic carbocycles. The van der Waals surface area contributed by atoms with Gasteiger partial charge in [0, 0.05) is 106 Å². The molecule has 2 aliphatic heterocycles. The molecule has 3 aromatic carbocycles. The maximum Gasteiger partial charge on any atom is 0.281 e. The second-order valence-corrected chi connectivity index (χ2v) is 22.6. The monoisotopic (exact) mass is 1140 g/mol. The van der Waals surface area contributed by atoms with Gasteiger partial charge in [-0.15, -0.1) is 0 Å². The summed E-state index contributed by atoms with van der Waals surface area (Å²) in [5, 5.41) is 41.2. The highest BCUT2D eigenvalue weighted by Gasteiger charge is 2.36. The number of nitrogens with zero attached hydrogens (tertiary/aromatic N) is 8. The van der Waals surface area contributed by atoms with E-state index in [2.05, 4.69) is 37.9 Å². The van der Waals surface area contributed by atoms with Gasteiger partial charge in [-0.25, -0.2) is 4.98 Å². The summed E-state index contributed by atoms with van der Waals surface area (Å²) in [6, 6.07) is 21.5. The van der Waals surface area contributed by atoms with Crippen LogP contribution >= 0.6 is 23.2 Å². The quantitative estimate of drug-likeness (QED) is 0.0292. The number of aromatic amines is 1. The van der Waals surface area contributed by atoms with Crippen molar-refractivity contribution >= 4 is 68.8 Å². The van der Waals surface area contributed by atoms with Crippen molar-refractivity contribution in [3.8, 4) is 22.5 Å². The molecular formula is C60H74Cl2N12O7.